The van der Waals surface area contributed by atoms with Crippen LogP contribution in [0.2, 0.25) is 15.1 Å². The van der Waals surface area contributed by atoms with Crippen LogP contribution in [0.15, 0.2) is 142 Å². The van der Waals surface area contributed by atoms with Gasteiger partial charge >= 0.3 is 17.9 Å². The molecule has 6 aromatic carbocycles. The van der Waals surface area contributed by atoms with Crippen LogP contribution in [0, 0.1) is 17.8 Å². The Morgan fingerprint density at radius 2 is 0.667 bits per heavy atom. The van der Waals surface area contributed by atoms with E-state index in [2.05, 4.69) is 30.6 Å². The first-order valence-corrected chi connectivity index (χ1v) is 32.4. The molecule has 0 radical (unpaired) electrons. The summed E-state index contributed by atoms with van der Waals surface area (Å²) in [6.07, 6.45) is 12.8. The Kier molecular flexibility index (Phi) is 18.1. The maximum absolute atomic E-state index is 12.8. The molecular formula is C69H63Cl3N12O12. The van der Waals surface area contributed by atoms with Gasteiger partial charge in [0.2, 0.25) is 0 Å². The van der Waals surface area contributed by atoms with Gasteiger partial charge in [-0.05, 0) is 132 Å². The number of benzene rings is 6. The van der Waals surface area contributed by atoms with Crippen LogP contribution in [0.25, 0.3) is 65.0 Å². The van der Waals surface area contributed by atoms with Gasteiger partial charge in [-0.3, -0.25) is 28.4 Å². The molecule has 0 aliphatic heterocycles. The fourth-order valence-corrected chi connectivity index (χ4v) is 11.7. The number of carboxylic acids is 3. The van der Waals surface area contributed by atoms with Gasteiger partial charge in [0.15, 0.2) is 18.1 Å². The molecule has 3 fully saturated rings. The predicted octanol–water partition coefficient (Wildman–Crippen LogP) is 11.6. The molecule has 1 unspecified atom stereocenters. The van der Waals surface area contributed by atoms with Crippen molar-refractivity contribution in [2.45, 2.75) is 97.1 Å². The minimum atomic E-state index is -1.13. The summed E-state index contributed by atoms with van der Waals surface area (Å²) in [5, 5.41) is 62.5. The Morgan fingerprint density at radius 1 is 0.417 bits per heavy atom. The van der Waals surface area contributed by atoms with Crippen LogP contribution in [0.1, 0.15) is 94.5 Å². The highest BCUT2D eigenvalue weighted by Crippen LogP contribution is 2.37. The van der Waals surface area contributed by atoms with E-state index in [4.69, 9.17) is 49.0 Å². The first-order chi connectivity index (χ1) is 46.2. The second-order valence-electron chi connectivity index (χ2n) is 24.5. The fraction of sp³-hybridized carbons (Fsp3) is 0.304. The largest absolute Gasteiger partial charge is 0.492 e. The number of halogens is 3. The highest BCUT2D eigenvalue weighted by Gasteiger charge is 2.27. The predicted molar refractivity (Wildman–Crippen MR) is 361 cm³/mol. The molecule has 24 nitrogen and oxygen atoms in total. The number of hydrogen-bond donors (Lipinski definition) is 3. The zero-order valence-corrected chi connectivity index (χ0v) is 54.4. The molecule has 6 aromatic heterocycles. The van der Waals surface area contributed by atoms with E-state index in [1.54, 1.807) is 86.8 Å². The van der Waals surface area contributed by atoms with E-state index in [1.807, 2.05) is 55.0 Å². The fourth-order valence-electron chi connectivity index (χ4n) is 11.0. The van der Waals surface area contributed by atoms with Crippen LogP contribution < -0.4 is 30.9 Å². The molecular weight excluding hydrogens is 1300 g/mol. The first kappa shape index (κ1) is 64.5. The monoisotopic (exact) mass is 1360 g/mol. The molecule has 96 heavy (non-hydrogen) atoms. The second-order valence-corrected chi connectivity index (χ2v) is 25.8. The number of fused-ring (bicyclic) bond motifs is 6. The number of ether oxygens (including phenoxy) is 3. The van der Waals surface area contributed by atoms with E-state index in [0.717, 1.165) is 30.2 Å². The lowest BCUT2D eigenvalue weighted by Gasteiger charge is -2.13. The summed E-state index contributed by atoms with van der Waals surface area (Å²) < 4.78 is 25.8. The van der Waals surface area contributed by atoms with Gasteiger partial charge in [0.1, 0.15) is 17.2 Å². The van der Waals surface area contributed by atoms with Crippen molar-refractivity contribution in [2.24, 2.45) is 17.8 Å². The molecule has 3 aliphatic carbocycles. The van der Waals surface area contributed by atoms with E-state index < -0.39 is 52.7 Å². The minimum Gasteiger partial charge on any atom is -0.492 e. The number of aliphatic carboxylic acids is 3. The van der Waals surface area contributed by atoms with Gasteiger partial charge in [-0.1, -0.05) is 89.4 Å². The van der Waals surface area contributed by atoms with Crippen LogP contribution in [-0.2, 0) is 34.0 Å². The summed E-state index contributed by atoms with van der Waals surface area (Å²) in [5.74, 6) is 0.388. The zero-order valence-electron chi connectivity index (χ0n) is 52.1. The summed E-state index contributed by atoms with van der Waals surface area (Å²) in [7, 11) is 0. The van der Waals surface area contributed by atoms with Crippen molar-refractivity contribution >= 4 is 118 Å². The van der Waals surface area contributed by atoms with Crippen LogP contribution >= 0.6 is 34.8 Å². The lowest BCUT2D eigenvalue weighted by atomic mass is 10.1. The van der Waals surface area contributed by atoms with Gasteiger partial charge < -0.3 is 29.5 Å². The van der Waals surface area contributed by atoms with Crippen LogP contribution in [0.5, 0.6) is 17.2 Å². The SMILES string of the molecule is CC(C(=O)O)n1nc(Cn2cc3cc(OCC4CC4)c(Cl)cc3n2)c2ccccc2c1=O.C[C@@H](C(=O)O)n1nc(Cn2cc3cc(OCC4CC4)c(Cl)cc3n2)c2ccccc2c1=O.C[C@H](C(=O)O)n1nc(Cn2cc3cc(OCC4CC4)c(Cl)cc3n2)c2ccccc2c1=O. The van der Waals surface area contributed by atoms with E-state index in [0.29, 0.717) is 136 Å². The standard InChI is InChI=1S/3C23H21ClN4O4/c3*1-13(23(30)31)28-22(29)17-5-3-2-4-16(17)20(26-28)11-27-10-15-8-21(32-12-14-6-7-14)18(24)9-19(15)25-27/h3*2-5,8-10,13-14H,6-7,11-12H2,1H3,(H,30,31)/t2*13-;/m10./s1. The molecule has 27 heteroatoms. The van der Waals surface area contributed by atoms with Crippen LogP contribution in [0.3, 0.4) is 0 Å². The topological polar surface area (TPSA) is 298 Å². The van der Waals surface area contributed by atoms with Gasteiger partial charge in [-0.15, -0.1) is 0 Å². The molecule has 6 heterocycles. The Balaban J connectivity index is 0.000000130. The number of carboxylic acid groups (broad SMARTS) is 3. The van der Waals surface area contributed by atoms with Gasteiger partial charge in [-0.2, -0.15) is 30.6 Å². The molecule has 0 saturated heterocycles. The number of carbonyl (C=O) groups is 3. The molecule has 12 aromatic rings. The molecule has 0 spiro atoms. The Hall–Kier alpha value is -10.2. The Morgan fingerprint density at radius 3 is 0.906 bits per heavy atom. The van der Waals surface area contributed by atoms with Crippen molar-refractivity contribution < 1.29 is 43.9 Å². The lowest BCUT2D eigenvalue weighted by Crippen LogP contribution is -2.31. The smallest absolute Gasteiger partial charge is 0.328 e. The van der Waals surface area contributed by atoms with Crippen molar-refractivity contribution in [3.8, 4) is 17.2 Å². The minimum absolute atomic E-state index is 0.262. The van der Waals surface area contributed by atoms with Gasteiger partial charge in [0.05, 0.1) is 104 Å². The molecule has 3 atom stereocenters. The number of hydrogen-bond acceptors (Lipinski definition) is 15. The second kappa shape index (κ2) is 26.9. The average Bonchev–Trinajstić information content (AvgIpc) is 1.80. The van der Waals surface area contributed by atoms with Crippen molar-refractivity contribution in [1.29, 1.82) is 0 Å². The average molecular weight is 1360 g/mol. The highest BCUT2D eigenvalue weighted by molar-refractivity contribution is 6.33. The number of nitrogens with zero attached hydrogens (tertiary/aromatic N) is 12. The third-order valence-corrected chi connectivity index (χ3v) is 18.0. The maximum atomic E-state index is 12.8. The molecule has 0 amide bonds. The number of aromatic nitrogens is 12. The zero-order chi connectivity index (χ0) is 67.2. The summed E-state index contributed by atoms with van der Waals surface area (Å²) in [4.78, 5) is 72.9. The molecule has 0 bridgehead atoms. The third-order valence-electron chi connectivity index (χ3n) is 17.2. The van der Waals surface area contributed by atoms with Crippen molar-refractivity contribution in [2.75, 3.05) is 19.8 Å². The van der Waals surface area contributed by atoms with Crippen molar-refractivity contribution in [3.63, 3.8) is 0 Å². The third kappa shape index (κ3) is 14.0. The van der Waals surface area contributed by atoms with Crippen LogP contribution in [0.4, 0.5) is 0 Å². The quantitative estimate of drug-likeness (QED) is 0.0602. The van der Waals surface area contributed by atoms with Crippen LogP contribution in [-0.4, -0.2) is 112 Å². The lowest BCUT2D eigenvalue weighted by molar-refractivity contribution is -0.141. The van der Waals surface area contributed by atoms with E-state index >= 15 is 0 Å². The van der Waals surface area contributed by atoms with E-state index in [-0.39, 0.29) is 19.6 Å². The summed E-state index contributed by atoms with van der Waals surface area (Å²) in [5.41, 5.74) is 2.49. The first-order valence-electron chi connectivity index (χ1n) is 31.3. The maximum Gasteiger partial charge on any atom is 0.328 e. The summed E-state index contributed by atoms with van der Waals surface area (Å²) >= 11 is 19.1. The molecule has 492 valence electrons. The molecule has 15 rings (SSSR count). The van der Waals surface area contributed by atoms with Gasteiger partial charge in [0.25, 0.3) is 16.7 Å². The normalized spacial score (nSPS) is 14.7. The van der Waals surface area contributed by atoms with E-state index in [1.165, 1.54) is 59.3 Å². The van der Waals surface area contributed by atoms with Gasteiger partial charge in [-0.25, -0.2) is 28.4 Å². The van der Waals surface area contributed by atoms with Crippen molar-refractivity contribution in [3.05, 3.63) is 191 Å². The highest BCUT2D eigenvalue weighted by atomic mass is 35.5. The Labute approximate surface area is 560 Å². The number of rotatable bonds is 21. The molecule has 3 N–H and O–H groups in total. The summed E-state index contributed by atoms with van der Waals surface area (Å²) in [6.45, 7) is 7.08. The van der Waals surface area contributed by atoms with Gasteiger partial charge in [0, 0.05) is 50.9 Å². The van der Waals surface area contributed by atoms with E-state index in [9.17, 15) is 44.1 Å². The Bertz CT molecular complexity index is 4730. The molecule has 3 saturated carbocycles. The molecule has 3 aliphatic rings. The summed E-state index contributed by atoms with van der Waals surface area (Å²) in [6, 6.07) is 28.8. The van der Waals surface area contributed by atoms with Crippen molar-refractivity contribution in [1.82, 2.24) is 58.7 Å².